The summed E-state index contributed by atoms with van der Waals surface area (Å²) in [5, 5.41) is 7.12. The Morgan fingerprint density at radius 2 is 1.88 bits per heavy atom. The number of carbonyl (C=O) groups excluding carboxylic acids is 1. The number of alkyl halides is 3. The number of carbonyl (C=O) groups is 2. The van der Waals surface area contributed by atoms with Gasteiger partial charge in [0, 0.05) is 25.7 Å². The molecule has 33 heavy (non-hydrogen) atoms. The predicted molar refractivity (Wildman–Crippen MR) is 114 cm³/mol. The Bertz CT molecular complexity index is 829. The summed E-state index contributed by atoms with van der Waals surface area (Å²) in [4.78, 5) is 26.1. The third-order valence-corrected chi connectivity index (χ3v) is 6.48. The molecule has 0 bridgehead atoms. The van der Waals surface area contributed by atoms with Crippen LogP contribution in [0.3, 0.4) is 0 Å². The molecule has 7 nitrogen and oxygen atoms in total. The van der Waals surface area contributed by atoms with Gasteiger partial charge < -0.3 is 24.4 Å². The summed E-state index contributed by atoms with van der Waals surface area (Å²) < 4.78 is 43.7. The van der Waals surface area contributed by atoms with Crippen LogP contribution in [0.4, 0.5) is 13.2 Å². The molecule has 10 heteroatoms. The van der Waals surface area contributed by atoms with Gasteiger partial charge >= 0.3 is 12.1 Å². The molecule has 0 saturated carbocycles. The van der Waals surface area contributed by atoms with E-state index in [1.54, 1.807) is 0 Å². The van der Waals surface area contributed by atoms with E-state index in [2.05, 4.69) is 4.90 Å². The maximum atomic E-state index is 12.6. The van der Waals surface area contributed by atoms with Crippen LogP contribution in [0.1, 0.15) is 37.7 Å². The Morgan fingerprint density at radius 1 is 1.21 bits per heavy atom. The number of aryl methyl sites for hydroxylation is 1. The van der Waals surface area contributed by atoms with Gasteiger partial charge in [-0.15, -0.1) is 0 Å². The normalized spacial score (nSPS) is 25.6. The van der Waals surface area contributed by atoms with Crippen LogP contribution in [0.5, 0.6) is 5.75 Å². The van der Waals surface area contributed by atoms with E-state index in [4.69, 9.17) is 19.4 Å². The zero-order valence-corrected chi connectivity index (χ0v) is 18.8. The van der Waals surface area contributed by atoms with Crippen molar-refractivity contribution in [2.75, 3.05) is 39.4 Å². The van der Waals surface area contributed by atoms with Crippen LogP contribution < -0.4 is 4.74 Å². The standard InChI is InChI=1S/C21H30N2O3.C2HF3O2/c1-17-6-2-3-7-19(17)25-15-20(24)23-12-9-21(16-23)14-18(8-13-26-21)22-10-4-5-11-22;3-2(4,5)1(6)7/h2-3,6-7,18H,4-5,8-16H2,1H3;(H,6,7)/t18-,21+;/m0./s1. The van der Waals surface area contributed by atoms with Crippen molar-refractivity contribution < 1.29 is 37.3 Å². The number of hydrogen-bond acceptors (Lipinski definition) is 5. The Balaban J connectivity index is 0.000000383. The molecule has 1 spiro atoms. The van der Waals surface area contributed by atoms with E-state index < -0.39 is 12.1 Å². The number of aliphatic carboxylic acids is 1. The zero-order chi connectivity index (χ0) is 24.1. The van der Waals surface area contributed by atoms with Crippen LogP contribution >= 0.6 is 0 Å². The topological polar surface area (TPSA) is 79.3 Å². The van der Waals surface area contributed by atoms with E-state index in [0.717, 1.165) is 43.7 Å². The molecule has 1 amide bonds. The van der Waals surface area contributed by atoms with Gasteiger partial charge in [-0.05, 0) is 63.7 Å². The van der Waals surface area contributed by atoms with Crippen molar-refractivity contribution in [1.82, 2.24) is 9.80 Å². The van der Waals surface area contributed by atoms with Gasteiger partial charge in [-0.25, -0.2) is 4.79 Å². The number of hydrogen-bond donors (Lipinski definition) is 1. The smallest absolute Gasteiger partial charge is 0.484 e. The molecule has 1 aromatic rings. The number of rotatable bonds is 4. The summed E-state index contributed by atoms with van der Waals surface area (Å²) in [6.07, 6.45) is 0.714. The fourth-order valence-electron chi connectivity index (χ4n) is 4.71. The Hall–Kier alpha value is -2.33. The van der Waals surface area contributed by atoms with Crippen LogP contribution in [0.25, 0.3) is 0 Å². The summed E-state index contributed by atoms with van der Waals surface area (Å²) in [7, 11) is 0. The maximum absolute atomic E-state index is 12.6. The molecule has 3 heterocycles. The van der Waals surface area contributed by atoms with Gasteiger partial charge in [-0.3, -0.25) is 4.79 Å². The molecule has 3 fully saturated rings. The highest BCUT2D eigenvalue weighted by molar-refractivity contribution is 5.78. The number of nitrogens with zero attached hydrogens (tertiary/aromatic N) is 2. The van der Waals surface area contributed by atoms with Crippen LogP contribution in [0, 0.1) is 6.92 Å². The Kier molecular flexibility index (Phi) is 8.23. The van der Waals surface area contributed by atoms with Gasteiger partial charge in [-0.2, -0.15) is 13.2 Å². The van der Waals surface area contributed by atoms with Crippen molar-refractivity contribution >= 4 is 11.9 Å². The highest BCUT2D eigenvalue weighted by Crippen LogP contribution is 2.37. The molecule has 4 rings (SSSR count). The first kappa shape index (κ1) is 25.3. The van der Waals surface area contributed by atoms with Gasteiger partial charge in [0.05, 0.1) is 5.60 Å². The SMILES string of the molecule is Cc1ccccc1OCC(=O)N1CC[C@@]2(C[C@@H](N3CCCC3)CCO2)C1.O=C(O)C(F)(F)F. The van der Waals surface area contributed by atoms with Crippen molar-refractivity contribution in [3.8, 4) is 5.75 Å². The summed E-state index contributed by atoms with van der Waals surface area (Å²) >= 11 is 0. The Morgan fingerprint density at radius 3 is 2.52 bits per heavy atom. The monoisotopic (exact) mass is 472 g/mol. The minimum atomic E-state index is -5.08. The number of benzene rings is 1. The summed E-state index contributed by atoms with van der Waals surface area (Å²) in [6, 6.07) is 8.46. The molecular formula is C23H31F3N2O5. The third kappa shape index (κ3) is 6.83. The second kappa shape index (κ2) is 10.7. The number of likely N-dealkylation sites (tertiary alicyclic amines) is 2. The van der Waals surface area contributed by atoms with Crippen molar-refractivity contribution in [2.45, 2.75) is 56.8 Å². The van der Waals surface area contributed by atoms with Gasteiger partial charge in [0.1, 0.15) is 5.75 Å². The quantitative estimate of drug-likeness (QED) is 0.725. The summed E-state index contributed by atoms with van der Waals surface area (Å²) in [5.74, 6) is -1.90. The first-order valence-electron chi connectivity index (χ1n) is 11.2. The molecule has 0 aliphatic carbocycles. The number of halogens is 3. The minimum absolute atomic E-state index is 0.0667. The molecule has 3 aliphatic rings. The molecular weight excluding hydrogens is 441 g/mol. The summed E-state index contributed by atoms with van der Waals surface area (Å²) in [6.45, 7) is 6.88. The zero-order valence-electron chi connectivity index (χ0n) is 18.8. The molecule has 3 saturated heterocycles. The Labute approximate surface area is 191 Å². The van der Waals surface area contributed by atoms with E-state index in [-0.39, 0.29) is 18.1 Å². The van der Waals surface area contributed by atoms with Gasteiger partial charge in [-0.1, -0.05) is 18.2 Å². The average molecular weight is 473 g/mol. The fourth-order valence-corrected chi connectivity index (χ4v) is 4.71. The van der Waals surface area contributed by atoms with Gasteiger partial charge in [0.25, 0.3) is 5.91 Å². The van der Waals surface area contributed by atoms with Crippen LogP contribution in [-0.4, -0.2) is 84.0 Å². The van der Waals surface area contributed by atoms with Crippen molar-refractivity contribution in [2.24, 2.45) is 0 Å². The van der Waals surface area contributed by atoms with Gasteiger partial charge in [0.15, 0.2) is 6.61 Å². The number of para-hydroxylation sites is 1. The van der Waals surface area contributed by atoms with Gasteiger partial charge in [0.2, 0.25) is 0 Å². The molecule has 2 atom stereocenters. The lowest BCUT2D eigenvalue weighted by molar-refractivity contribution is -0.192. The van der Waals surface area contributed by atoms with E-state index >= 15 is 0 Å². The van der Waals surface area contributed by atoms with Crippen LogP contribution in [-0.2, 0) is 14.3 Å². The molecule has 3 aliphatic heterocycles. The summed E-state index contributed by atoms with van der Waals surface area (Å²) in [5.41, 5.74) is 0.923. The van der Waals surface area contributed by atoms with Crippen LogP contribution in [0.15, 0.2) is 24.3 Å². The number of carboxylic acids is 1. The second-order valence-corrected chi connectivity index (χ2v) is 8.84. The molecule has 0 radical (unpaired) electrons. The highest BCUT2D eigenvalue weighted by atomic mass is 19.4. The third-order valence-electron chi connectivity index (χ3n) is 6.48. The molecule has 1 N–H and O–H groups in total. The number of ether oxygens (including phenoxy) is 2. The minimum Gasteiger partial charge on any atom is -0.484 e. The fraction of sp³-hybridized carbons (Fsp3) is 0.652. The predicted octanol–water partition coefficient (Wildman–Crippen LogP) is 3.25. The first-order chi connectivity index (χ1) is 15.6. The highest BCUT2D eigenvalue weighted by Gasteiger charge is 2.46. The number of amides is 1. The molecule has 1 aromatic carbocycles. The van der Waals surface area contributed by atoms with E-state index in [1.807, 2.05) is 36.1 Å². The van der Waals surface area contributed by atoms with Crippen molar-refractivity contribution in [1.29, 1.82) is 0 Å². The largest absolute Gasteiger partial charge is 0.490 e. The van der Waals surface area contributed by atoms with E-state index in [9.17, 15) is 18.0 Å². The number of carboxylic acid groups (broad SMARTS) is 1. The van der Waals surface area contributed by atoms with E-state index in [1.165, 1.54) is 25.9 Å². The van der Waals surface area contributed by atoms with E-state index in [0.29, 0.717) is 12.6 Å². The molecule has 184 valence electrons. The lowest BCUT2D eigenvalue weighted by atomic mass is 9.89. The lowest BCUT2D eigenvalue weighted by Gasteiger charge is -2.41. The second-order valence-electron chi connectivity index (χ2n) is 8.84. The van der Waals surface area contributed by atoms with Crippen LogP contribution in [0.2, 0.25) is 0 Å². The lowest BCUT2D eigenvalue weighted by Crippen LogP contribution is -2.50. The molecule has 0 aromatic heterocycles. The van der Waals surface area contributed by atoms with Crippen molar-refractivity contribution in [3.63, 3.8) is 0 Å². The molecule has 0 unspecified atom stereocenters. The first-order valence-corrected chi connectivity index (χ1v) is 11.2. The average Bonchev–Trinajstić information content (AvgIpc) is 3.44. The maximum Gasteiger partial charge on any atom is 0.490 e. The van der Waals surface area contributed by atoms with Crippen molar-refractivity contribution in [3.05, 3.63) is 29.8 Å².